The molecule has 0 aromatic carbocycles. The maximum atomic E-state index is 13.3. The van der Waals surface area contributed by atoms with Crippen molar-refractivity contribution in [1.29, 1.82) is 5.41 Å². The molecular weight excluding hydrogens is 394 g/mol. The molecule has 8 heteroatoms. The van der Waals surface area contributed by atoms with Crippen molar-refractivity contribution in [1.82, 2.24) is 19.3 Å². The zero-order valence-corrected chi connectivity index (χ0v) is 18.9. The molecule has 3 aromatic heterocycles. The Kier molecular flexibility index (Phi) is 6.90. The fraction of sp³-hybridized carbons (Fsp3) is 0.478. The largest absolute Gasteiger partial charge is 0.379 e. The van der Waals surface area contributed by atoms with Crippen molar-refractivity contribution in [3.8, 4) is 0 Å². The van der Waals surface area contributed by atoms with Gasteiger partial charge in [-0.2, -0.15) is 0 Å². The smallest absolute Gasteiger partial charge is 0.267 e. The minimum Gasteiger partial charge on any atom is -0.379 e. The molecule has 166 valence electrons. The second-order valence-electron chi connectivity index (χ2n) is 8.47. The normalized spacial score (nSPS) is 11.7. The fourth-order valence-corrected chi connectivity index (χ4v) is 3.42. The van der Waals surface area contributed by atoms with Crippen LogP contribution in [0.4, 0.5) is 0 Å². The van der Waals surface area contributed by atoms with Gasteiger partial charge >= 0.3 is 0 Å². The summed E-state index contributed by atoms with van der Waals surface area (Å²) in [6.45, 7) is 11.3. The lowest BCUT2D eigenvalue weighted by Gasteiger charge is -2.16. The van der Waals surface area contributed by atoms with Gasteiger partial charge in [0.2, 0.25) is 0 Å². The highest BCUT2D eigenvalue weighted by Gasteiger charge is 2.18. The summed E-state index contributed by atoms with van der Waals surface area (Å²) in [4.78, 5) is 30.8. The predicted molar refractivity (Wildman–Crippen MR) is 120 cm³/mol. The highest BCUT2D eigenvalue weighted by molar-refractivity contribution is 5.96. The van der Waals surface area contributed by atoms with Crippen LogP contribution in [0.15, 0.2) is 29.2 Å². The number of aromatic nitrogens is 3. The molecule has 1 amide bonds. The van der Waals surface area contributed by atoms with Crippen molar-refractivity contribution in [2.45, 2.75) is 53.7 Å². The third-order valence-corrected chi connectivity index (χ3v) is 5.03. The van der Waals surface area contributed by atoms with Crippen LogP contribution in [0.3, 0.4) is 0 Å². The summed E-state index contributed by atoms with van der Waals surface area (Å²) in [5.41, 5.74) is 1.78. The minimum atomic E-state index is -0.360. The molecule has 3 rings (SSSR count). The maximum Gasteiger partial charge on any atom is 0.267 e. The molecule has 0 saturated carbocycles. The number of amides is 1. The van der Waals surface area contributed by atoms with Crippen LogP contribution in [0.1, 0.15) is 50.0 Å². The average molecular weight is 426 g/mol. The third-order valence-electron chi connectivity index (χ3n) is 5.03. The van der Waals surface area contributed by atoms with Crippen molar-refractivity contribution < 1.29 is 9.53 Å². The van der Waals surface area contributed by atoms with E-state index in [1.165, 1.54) is 10.5 Å². The SMILES string of the molecule is Cc1cccn2c(=O)c3cc(C(=O)NCC(C)C)c(=N)n(CCCOC(C)C)c3nc12. The molecule has 0 bridgehead atoms. The number of nitrogens with one attached hydrogen (secondary N) is 2. The van der Waals surface area contributed by atoms with E-state index < -0.39 is 0 Å². The van der Waals surface area contributed by atoms with Crippen LogP contribution in [0.25, 0.3) is 16.7 Å². The van der Waals surface area contributed by atoms with Crippen molar-refractivity contribution in [3.63, 3.8) is 0 Å². The number of aryl methyl sites for hydroxylation is 2. The van der Waals surface area contributed by atoms with E-state index in [2.05, 4.69) is 5.32 Å². The van der Waals surface area contributed by atoms with Crippen LogP contribution < -0.4 is 16.4 Å². The minimum absolute atomic E-state index is 0.0446. The molecule has 0 spiro atoms. The second kappa shape index (κ2) is 9.43. The van der Waals surface area contributed by atoms with Gasteiger partial charge in [-0.1, -0.05) is 19.9 Å². The van der Waals surface area contributed by atoms with Crippen molar-refractivity contribution in [2.24, 2.45) is 5.92 Å². The molecule has 8 nitrogen and oxygen atoms in total. The summed E-state index contributed by atoms with van der Waals surface area (Å²) < 4.78 is 8.77. The molecule has 0 fully saturated rings. The number of carbonyl (C=O) groups excluding carboxylic acids is 1. The zero-order chi connectivity index (χ0) is 22.7. The van der Waals surface area contributed by atoms with E-state index in [4.69, 9.17) is 15.1 Å². The van der Waals surface area contributed by atoms with E-state index in [0.29, 0.717) is 42.8 Å². The first-order valence-corrected chi connectivity index (χ1v) is 10.7. The molecular formula is C23H31N5O3. The standard InChI is InChI=1S/C23H31N5O3/c1-14(2)13-25-22(29)17-12-18-21(27(19(17)24)10-7-11-31-15(3)4)26-20-16(5)8-6-9-28(20)23(18)30/h6,8-9,12,14-15,24H,7,10-11,13H2,1-5H3,(H,25,29). The number of hydrogen-bond donors (Lipinski definition) is 2. The number of hydrogen-bond acceptors (Lipinski definition) is 5. The number of pyridine rings is 2. The molecule has 3 aromatic rings. The Bertz CT molecular complexity index is 1220. The number of fused-ring (bicyclic) bond motifs is 2. The average Bonchev–Trinajstić information content (AvgIpc) is 2.71. The summed E-state index contributed by atoms with van der Waals surface area (Å²) in [5, 5.41) is 11.9. The maximum absolute atomic E-state index is 13.3. The molecule has 31 heavy (non-hydrogen) atoms. The van der Waals surface area contributed by atoms with Crippen LogP contribution in [0, 0.1) is 18.3 Å². The first-order chi connectivity index (χ1) is 14.7. The molecule has 0 aliphatic rings. The summed E-state index contributed by atoms with van der Waals surface area (Å²) >= 11 is 0. The van der Waals surface area contributed by atoms with Gasteiger partial charge in [-0.3, -0.25) is 19.4 Å². The van der Waals surface area contributed by atoms with Crippen LogP contribution in [-0.2, 0) is 11.3 Å². The van der Waals surface area contributed by atoms with Crippen LogP contribution >= 0.6 is 0 Å². The molecule has 0 saturated heterocycles. The number of ether oxygens (including phenoxy) is 1. The van der Waals surface area contributed by atoms with E-state index in [1.54, 1.807) is 16.8 Å². The highest BCUT2D eigenvalue weighted by atomic mass is 16.5. The monoisotopic (exact) mass is 425 g/mol. The molecule has 0 atom stereocenters. The Morgan fingerprint density at radius 2 is 2.00 bits per heavy atom. The van der Waals surface area contributed by atoms with Gasteiger partial charge in [-0.05, 0) is 50.8 Å². The fourth-order valence-electron chi connectivity index (χ4n) is 3.42. The van der Waals surface area contributed by atoms with Gasteiger partial charge in [-0.25, -0.2) is 4.98 Å². The van der Waals surface area contributed by atoms with E-state index in [9.17, 15) is 9.59 Å². The van der Waals surface area contributed by atoms with Gasteiger partial charge in [0.1, 0.15) is 16.8 Å². The van der Waals surface area contributed by atoms with Crippen molar-refractivity contribution in [2.75, 3.05) is 13.2 Å². The Hall–Kier alpha value is -3.00. The quantitative estimate of drug-likeness (QED) is 0.428. The molecule has 3 heterocycles. The molecule has 0 aliphatic carbocycles. The van der Waals surface area contributed by atoms with Crippen LogP contribution in [0.5, 0.6) is 0 Å². The first kappa shape index (κ1) is 22.7. The van der Waals surface area contributed by atoms with Crippen molar-refractivity contribution in [3.05, 3.63) is 51.4 Å². The first-order valence-electron chi connectivity index (χ1n) is 10.7. The van der Waals surface area contributed by atoms with E-state index in [1.807, 2.05) is 40.7 Å². The number of nitrogens with zero attached hydrogens (tertiary/aromatic N) is 3. The Morgan fingerprint density at radius 1 is 1.26 bits per heavy atom. The summed E-state index contributed by atoms with van der Waals surface area (Å²) in [6, 6.07) is 5.19. The van der Waals surface area contributed by atoms with Gasteiger partial charge < -0.3 is 14.6 Å². The van der Waals surface area contributed by atoms with E-state index in [0.717, 1.165) is 5.56 Å². The Labute approximate surface area is 181 Å². The van der Waals surface area contributed by atoms with Gasteiger partial charge in [0.25, 0.3) is 11.5 Å². The van der Waals surface area contributed by atoms with Crippen molar-refractivity contribution >= 4 is 22.6 Å². The molecule has 0 radical (unpaired) electrons. The number of rotatable bonds is 8. The van der Waals surface area contributed by atoms with Gasteiger partial charge in [0, 0.05) is 25.9 Å². The second-order valence-corrected chi connectivity index (χ2v) is 8.47. The molecule has 2 N–H and O–H groups in total. The van der Waals surface area contributed by atoms with Gasteiger partial charge in [-0.15, -0.1) is 0 Å². The van der Waals surface area contributed by atoms with Gasteiger partial charge in [0.05, 0.1) is 17.1 Å². The third kappa shape index (κ3) is 4.85. The predicted octanol–water partition coefficient (Wildman–Crippen LogP) is 2.64. The van der Waals surface area contributed by atoms with E-state index >= 15 is 0 Å². The Balaban J connectivity index is 2.19. The van der Waals surface area contributed by atoms with E-state index in [-0.39, 0.29) is 34.5 Å². The summed E-state index contributed by atoms with van der Waals surface area (Å²) in [5.74, 6) is -0.0837. The summed E-state index contributed by atoms with van der Waals surface area (Å²) in [7, 11) is 0. The lowest BCUT2D eigenvalue weighted by Crippen LogP contribution is -2.36. The lowest BCUT2D eigenvalue weighted by molar-refractivity contribution is 0.0748. The molecule has 0 aliphatic heterocycles. The zero-order valence-electron chi connectivity index (χ0n) is 18.9. The van der Waals surface area contributed by atoms with Gasteiger partial charge in [0.15, 0.2) is 0 Å². The van der Waals surface area contributed by atoms with Crippen LogP contribution in [-0.4, -0.2) is 39.1 Å². The van der Waals surface area contributed by atoms with Crippen LogP contribution in [0.2, 0.25) is 0 Å². The lowest BCUT2D eigenvalue weighted by atomic mass is 10.1. The Morgan fingerprint density at radius 3 is 2.68 bits per heavy atom. The topological polar surface area (TPSA) is 101 Å². The molecule has 0 unspecified atom stereocenters. The highest BCUT2D eigenvalue weighted by Crippen LogP contribution is 2.13. The summed E-state index contributed by atoms with van der Waals surface area (Å²) in [6.07, 6.45) is 2.42. The number of carbonyl (C=O) groups is 1.